The zero-order chi connectivity index (χ0) is 15.1. The van der Waals surface area contributed by atoms with Crippen LogP contribution in [-0.2, 0) is 17.8 Å². The number of aliphatic carboxylic acids is 1. The maximum Gasteiger partial charge on any atom is 0.303 e. The number of carboxylic acids is 1. The van der Waals surface area contributed by atoms with Crippen molar-refractivity contribution in [1.29, 1.82) is 0 Å². The summed E-state index contributed by atoms with van der Waals surface area (Å²) in [5, 5.41) is 8.71. The van der Waals surface area contributed by atoms with Crippen molar-refractivity contribution >= 4 is 11.7 Å². The van der Waals surface area contributed by atoms with Crippen LogP contribution in [0.25, 0.3) is 0 Å². The predicted octanol–water partition coefficient (Wildman–Crippen LogP) is 3.73. The fourth-order valence-corrected chi connectivity index (χ4v) is 2.31. The van der Waals surface area contributed by atoms with Gasteiger partial charge in [0.15, 0.2) is 0 Å². The molecule has 0 unspecified atom stereocenters. The van der Waals surface area contributed by atoms with Crippen molar-refractivity contribution in [2.75, 3.05) is 11.4 Å². The van der Waals surface area contributed by atoms with E-state index in [4.69, 9.17) is 5.11 Å². The highest BCUT2D eigenvalue weighted by molar-refractivity contribution is 5.67. The summed E-state index contributed by atoms with van der Waals surface area (Å²) in [6.45, 7) is 3.95. The Bertz CT molecular complexity index is 564. The lowest BCUT2D eigenvalue weighted by atomic mass is 10.1. The second kappa shape index (κ2) is 7.48. The molecule has 0 radical (unpaired) electrons. The smallest absolute Gasteiger partial charge is 0.303 e. The highest BCUT2D eigenvalue weighted by Crippen LogP contribution is 2.18. The molecule has 2 rings (SSSR count). The lowest BCUT2D eigenvalue weighted by Gasteiger charge is -2.23. The van der Waals surface area contributed by atoms with Crippen molar-refractivity contribution in [3.63, 3.8) is 0 Å². The number of anilines is 1. The molecule has 0 bridgehead atoms. The molecule has 0 amide bonds. The van der Waals surface area contributed by atoms with Gasteiger partial charge in [0.2, 0.25) is 0 Å². The molecule has 0 atom stereocenters. The van der Waals surface area contributed by atoms with Gasteiger partial charge in [0.25, 0.3) is 0 Å². The average molecular weight is 283 g/mol. The Kier molecular flexibility index (Phi) is 5.38. The van der Waals surface area contributed by atoms with Crippen LogP contribution in [0.15, 0.2) is 54.6 Å². The molecule has 0 saturated heterocycles. The van der Waals surface area contributed by atoms with Crippen LogP contribution in [-0.4, -0.2) is 17.6 Å². The van der Waals surface area contributed by atoms with Crippen LogP contribution in [0.2, 0.25) is 0 Å². The van der Waals surface area contributed by atoms with Crippen molar-refractivity contribution in [3.05, 3.63) is 65.7 Å². The summed E-state index contributed by atoms with van der Waals surface area (Å²) in [5.74, 6) is -0.752. The maximum atomic E-state index is 10.6. The van der Waals surface area contributed by atoms with Gasteiger partial charge in [0.1, 0.15) is 0 Å². The molecule has 21 heavy (non-hydrogen) atoms. The van der Waals surface area contributed by atoms with E-state index >= 15 is 0 Å². The molecular weight excluding hydrogens is 262 g/mol. The van der Waals surface area contributed by atoms with E-state index in [9.17, 15) is 4.79 Å². The third-order valence-corrected chi connectivity index (χ3v) is 3.53. The van der Waals surface area contributed by atoms with Crippen LogP contribution in [0, 0.1) is 0 Å². The molecule has 0 saturated carbocycles. The Morgan fingerprint density at radius 3 is 2.24 bits per heavy atom. The summed E-state index contributed by atoms with van der Waals surface area (Å²) in [6.07, 6.45) is 0.765. The summed E-state index contributed by atoms with van der Waals surface area (Å²) < 4.78 is 0. The number of benzene rings is 2. The molecule has 0 aliphatic heterocycles. The Labute approximate surface area is 125 Å². The van der Waals surface area contributed by atoms with E-state index < -0.39 is 5.97 Å². The summed E-state index contributed by atoms with van der Waals surface area (Å²) in [4.78, 5) is 12.9. The fraction of sp³-hybridized carbons (Fsp3) is 0.278. The first-order valence-corrected chi connectivity index (χ1v) is 7.28. The number of carbonyl (C=O) groups is 1. The van der Waals surface area contributed by atoms with Gasteiger partial charge in [-0.3, -0.25) is 4.79 Å². The van der Waals surface area contributed by atoms with Gasteiger partial charge in [0.05, 0.1) is 0 Å². The van der Waals surface area contributed by atoms with Crippen LogP contribution >= 0.6 is 0 Å². The molecule has 0 aromatic heterocycles. The zero-order valence-corrected chi connectivity index (χ0v) is 12.3. The van der Waals surface area contributed by atoms with Crippen molar-refractivity contribution in [2.24, 2.45) is 0 Å². The highest BCUT2D eigenvalue weighted by Gasteiger charge is 2.06. The van der Waals surface area contributed by atoms with Gasteiger partial charge in [-0.1, -0.05) is 42.5 Å². The van der Waals surface area contributed by atoms with Crippen LogP contribution < -0.4 is 4.90 Å². The SMILES string of the molecule is CCN(Cc1ccccc1)c1ccc(CCC(=O)O)cc1. The fourth-order valence-electron chi connectivity index (χ4n) is 2.31. The van der Waals surface area contributed by atoms with Gasteiger partial charge in [-0.05, 0) is 36.6 Å². The van der Waals surface area contributed by atoms with Gasteiger partial charge in [-0.2, -0.15) is 0 Å². The highest BCUT2D eigenvalue weighted by atomic mass is 16.4. The Morgan fingerprint density at radius 2 is 1.67 bits per heavy atom. The normalized spacial score (nSPS) is 10.3. The molecule has 110 valence electrons. The molecule has 0 aliphatic rings. The van der Waals surface area contributed by atoms with Crippen LogP contribution in [0.5, 0.6) is 0 Å². The minimum Gasteiger partial charge on any atom is -0.481 e. The number of nitrogens with zero attached hydrogens (tertiary/aromatic N) is 1. The number of rotatable bonds is 7. The topological polar surface area (TPSA) is 40.5 Å². The molecule has 1 N–H and O–H groups in total. The van der Waals surface area contributed by atoms with Crippen molar-refractivity contribution in [1.82, 2.24) is 0 Å². The van der Waals surface area contributed by atoms with E-state index in [1.165, 1.54) is 11.3 Å². The molecule has 2 aromatic carbocycles. The van der Waals surface area contributed by atoms with E-state index in [-0.39, 0.29) is 6.42 Å². The van der Waals surface area contributed by atoms with E-state index in [1.54, 1.807) is 0 Å². The Hall–Kier alpha value is -2.29. The second-order valence-corrected chi connectivity index (χ2v) is 5.06. The Balaban J connectivity index is 2.03. The summed E-state index contributed by atoms with van der Waals surface area (Å²) >= 11 is 0. The van der Waals surface area contributed by atoms with E-state index in [0.29, 0.717) is 6.42 Å². The van der Waals surface area contributed by atoms with Gasteiger partial charge in [-0.15, -0.1) is 0 Å². The third-order valence-electron chi connectivity index (χ3n) is 3.53. The molecule has 2 aromatic rings. The van der Waals surface area contributed by atoms with Crippen molar-refractivity contribution in [2.45, 2.75) is 26.3 Å². The minimum absolute atomic E-state index is 0.181. The summed E-state index contributed by atoms with van der Waals surface area (Å²) in [5.41, 5.74) is 3.52. The summed E-state index contributed by atoms with van der Waals surface area (Å²) in [6, 6.07) is 18.6. The number of carboxylic acid groups (broad SMARTS) is 1. The molecule has 3 heteroatoms. The lowest BCUT2D eigenvalue weighted by molar-refractivity contribution is -0.136. The number of hydrogen-bond acceptors (Lipinski definition) is 2. The largest absolute Gasteiger partial charge is 0.481 e. The quantitative estimate of drug-likeness (QED) is 0.841. The molecule has 0 fully saturated rings. The van der Waals surface area contributed by atoms with Gasteiger partial charge < -0.3 is 10.0 Å². The van der Waals surface area contributed by atoms with Crippen LogP contribution in [0.1, 0.15) is 24.5 Å². The molecule has 0 aliphatic carbocycles. The second-order valence-electron chi connectivity index (χ2n) is 5.06. The third kappa shape index (κ3) is 4.63. The van der Waals surface area contributed by atoms with Crippen LogP contribution in [0.3, 0.4) is 0 Å². The molecule has 0 heterocycles. The Morgan fingerprint density at radius 1 is 1.00 bits per heavy atom. The first kappa shape index (κ1) is 15.1. The van der Waals surface area contributed by atoms with Crippen molar-refractivity contribution < 1.29 is 9.90 Å². The predicted molar refractivity (Wildman–Crippen MR) is 85.6 cm³/mol. The van der Waals surface area contributed by atoms with Crippen LogP contribution in [0.4, 0.5) is 5.69 Å². The molecular formula is C18H21NO2. The van der Waals surface area contributed by atoms with Gasteiger partial charge in [-0.25, -0.2) is 0 Å². The van der Waals surface area contributed by atoms with E-state index in [2.05, 4.69) is 48.2 Å². The summed E-state index contributed by atoms with van der Waals surface area (Å²) in [7, 11) is 0. The maximum absolute atomic E-state index is 10.6. The molecule has 0 spiro atoms. The lowest BCUT2D eigenvalue weighted by Crippen LogP contribution is -2.21. The first-order chi connectivity index (χ1) is 10.2. The van der Waals surface area contributed by atoms with Gasteiger partial charge in [0, 0.05) is 25.2 Å². The van der Waals surface area contributed by atoms with E-state index in [1.807, 2.05) is 18.2 Å². The standard InChI is InChI=1S/C18H21NO2/c1-2-19(14-16-6-4-3-5-7-16)17-11-8-15(9-12-17)10-13-18(20)21/h3-9,11-12H,2,10,13-14H2,1H3,(H,20,21). The van der Waals surface area contributed by atoms with Gasteiger partial charge >= 0.3 is 5.97 Å². The first-order valence-electron chi connectivity index (χ1n) is 7.28. The average Bonchev–Trinajstić information content (AvgIpc) is 2.52. The number of aryl methyl sites for hydroxylation is 1. The van der Waals surface area contributed by atoms with E-state index in [0.717, 1.165) is 18.7 Å². The zero-order valence-electron chi connectivity index (χ0n) is 12.3. The minimum atomic E-state index is -0.752. The number of hydrogen-bond donors (Lipinski definition) is 1. The monoisotopic (exact) mass is 283 g/mol. The molecule has 3 nitrogen and oxygen atoms in total. The van der Waals surface area contributed by atoms with Crippen molar-refractivity contribution in [3.8, 4) is 0 Å².